The number of nitrogens with one attached hydrogen (secondary N) is 1. The quantitative estimate of drug-likeness (QED) is 0.580. The molecular formula is C11H17N5O. The van der Waals surface area contributed by atoms with Crippen LogP contribution in [0.25, 0.3) is 0 Å². The van der Waals surface area contributed by atoms with Crippen LogP contribution in [0.15, 0.2) is 12.1 Å². The molecule has 6 nitrogen and oxygen atoms in total. The topological polar surface area (TPSA) is 84.1 Å². The lowest BCUT2D eigenvalue weighted by atomic mass is 9.93. The minimum Gasteiger partial charge on any atom is -0.337 e. The highest BCUT2D eigenvalue weighted by Gasteiger charge is 2.32. The van der Waals surface area contributed by atoms with Crippen LogP contribution in [-0.2, 0) is 0 Å². The summed E-state index contributed by atoms with van der Waals surface area (Å²) in [6.07, 6.45) is 1.02. The number of rotatable bonds is 2. The van der Waals surface area contributed by atoms with Crippen molar-refractivity contribution in [3.05, 3.63) is 17.8 Å². The summed E-state index contributed by atoms with van der Waals surface area (Å²) in [6, 6.07) is 3.28. The van der Waals surface area contributed by atoms with Crippen LogP contribution in [-0.4, -0.2) is 34.1 Å². The van der Waals surface area contributed by atoms with Gasteiger partial charge in [-0.2, -0.15) is 0 Å². The van der Waals surface area contributed by atoms with Gasteiger partial charge in [-0.1, -0.05) is 13.8 Å². The van der Waals surface area contributed by atoms with Crippen LogP contribution >= 0.6 is 0 Å². The summed E-state index contributed by atoms with van der Waals surface area (Å²) < 4.78 is 0. The monoisotopic (exact) mass is 235 g/mol. The standard InChI is InChI=1S/C11H17N5O/c1-11(2)5-6-16(7-11)10(17)8-3-4-9(13-12)15-14-8/h3-4H,5-7,12H2,1-2H3,(H,13,15). The van der Waals surface area contributed by atoms with Crippen molar-refractivity contribution in [1.82, 2.24) is 15.1 Å². The van der Waals surface area contributed by atoms with Crippen molar-refractivity contribution < 1.29 is 4.79 Å². The molecule has 0 bridgehead atoms. The van der Waals surface area contributed by atoms with Crippen LogP contribution in [0.5, 0.6) is 0 Å². The molecule has 0 aliphatic carbocycles. The molecule has 6 heteroatoms. The van der Waals surface area contributed by atoms with E-state index in [0.29, 0.717) is 11.5 Å². The van der Waals surface area contributed by atoms with E-state index in [1.165, 1.54) is 0 Å². The number of nitrogens with two attached hydrogens (primary N) is 1. The number of nitrogen functional groups attached to an aromatic ring is 1. The number of likely N-dealkylation sites (tertiary alicyclic amines) is 1. The lowest BCUT2D eigenvalue weighted by Gasteiger charge is -2.19. The molecule has 17 heavy (non-hydrogen) atoms. The van der Waals surface area contributed by atoms with Crippen LogP contribution in [0.3, 0.4) is 0 Å². The van der Waals surface area contributed by atoms with E-state index < -0.39 is 0 Å². The summed E-state index contributed by atoms with van der Waals surface area (Å²) in [5, 5.41) is 7.65. The van der Waals surface area contributed by atoms with Crippen molar-refractivity contribution >= 4 is 11.7 Å². The van der Waals surface area contributed by atoms with E-state index in [4.69, 9.17) is 5.84 Å². The van der Waals surface area contributed by atoms with E-state index in [9.17, 15) is 4.79 Å². The third kappa shape index (κ3) is 2.52. The Morgan fingerprint density at radius 1 is 1.47 bits per heavy atom. The smallest absolute Gasteiger partial charge is 0.274 e. The summed E-state index contributed by atoms with van der Waals surface area (Å²) in [4.78, 5) is 13.9. The predicted molar refractivity (Wildman–Crippen MR) is 64.1 cm³/mol. The molecule has 1 fully saturated rings. The van der Waals surface area contributed by atoms with Crippen molar-refractivity contribution in [2.45, 2.75) is 20.3 Å². The number of hydrogen-bond acceptors (Lipinski definition) is 5. The van der Waals surface area contributed by atoms with Gasteiger partial charge in [0.2, 0.25) is 0 Å². The average Bonchev–Trinajstić information content (AvgIpc) is 2.69. The molecule has 0 saturated carbocycles. The average molecular weight is 235 g/mol. The minimum absolute atomic E-state index is 0.0633. The zero-order chi connectivity index (χ0) is 12.5. The van der Waals surface area contributed by atoms with Crippen LogP contribution in [0.4, 0.5) is 5.82 Å². The van der Waals surface area contributed by atoms with Crippen molar-refractivity contribution in [2.75, 3.05) is 18.5 Å². The first-order chi connectivity index (χ1) is 8.02. The molecule has 92 valence electrons. The van der Waals surface area contributed by atoms with E-state index in [1.54, 1.807) is 12.1 Å². The summed E-state index contributed by atoms with van der Waals surface area (Å²) in [6.45, 7) is 5.87. The van der Waals surface area contributed by atoms with Gasteiger partial charge in [-0.05, 0) is 24.0 Å². The Morgan fingerprint density at radius 3 is 2.71 bits per heavy atom. The molecule has 1 aliphatic rings. The van der Waals surface area contributed by atoms with E-state index >= 15 is 0 Å². The molecule has 0 spiro atoms. The summed E-state index contributed by atoms with van der Waals surface area (Å²) >= 11 is 0. The Kier molecular flexibility index (Phi) is 2.97. The first-order valence-electron chi connectivity index (χ1n) is 5.61. The number of hydrazine groups is 1. The molecule has 1 aromatic rings. The largest absolute Gasteiger partial charge is 0.337 e. The highest BCUT2D eigenvalue weighted by molar-refractivity contribution is 5.92. The minimum atomic E-state index is -0.0633. The lowest BCUT2D eigenvalue weighted by molar-refractivity contribution is 0.0771. The van der Waals surface area contributed by atoms with Crippen molar-refractivity contribution in [1.29, 1.82) is 0 Å². The van der Waals surface area contributed by atoms with Gasteiger partial charge >= 0.3 is 0 Å². The molecule has 1 aromatic heterocycles. The Balaban J connectivity index is 2.09. The number of amides is 1. The fourth-order valence-corrected chi connectivity index (χ4v) is 1.97. The first kappa shape index (κ1) is 11.8. The molecule has 0 atom stereocenters. The normalized spacial score (nSPS) is 18.2. The molecule has 1 saturated heterocycles. The van der Waals surface area contributed by atoms with Crippen LogP contribution in [0.2, 0.25) is 0 Å². The third-order valence-corrected chi connectivity index (χ3v) is 3.00. The van der Waals surface area contributed by atoms with Gasteiger partial charge in [-0.15, -0.1) is 10.2 Å². The lowest BCUT2D eigenvalue weighted by Crippen LogP contribution is -2.31. The van der Waals surface area contributed by atoms with E-state index in [1.807, 2.05) is 4.90 Å². The van der Waals surface area contributed by atoms with E-state index in [-0.39, 0.29) is 11.3 Å². The summed E-state index contributed by atoms with van der Waals surface area (Å²) in [5.41, 5.74) is 2.94. The molecule has 0 radical (unpaired) electrons. The van der Waals surface area contributed by atoms with Crippen LogP contribution < -0.4 is 11.3 Å². The number of anilines is 1. The SMILES string of the molecule is CC1(C)CCN(C(=O)c2ccc(NN)nn2)C1. The van der Waals surface area contributed by atoms with Crippen molar-refractivity contribution in [2.24, 2.45) is 11.3 Å². The molecular weight excluding hydrogens is 218 g/mol. The van der Waals surface area contributed by atoms with E-state index in [0.717, 1.165) is 19.5 Å². The molecule has 1 aliphatic heterocycles. The van der Waals surface area contributed by atoms with Gasteiger partial charge in [0.05, 0.1) is 0 Å². The second kappa shape index (κ2) is 4.29. The maximum Gasteiger partial charge on any atom is 0.274 e. The molecule has 0 aromatic carbocycles. The molecule has 2 heterocycles. The van der Waals surface area contributed by atoms with Gasteiger partial charge in [-0.25, -0.2) is 5.84 Å². The Bertz CT molecular complexity index is 414. The zero-order valence-corrected chi connectivity index (χ0v) is 10.1. The fourth-order valence-electron chi connectivity index (χ4n) is 1.97. The van der Waals surface area contributed by atoms with E-state index in [2.05, 4.69) is 29.5 Å². The summed E-state index contributed by atoms with van der Waals surface area (Å²) in [5.74, 6) is 5.57. The zero-order valence-electron chi connectivity index (χ0n) is 10.1. The molecule has 3 N–H and O–H groups in total. The van der Waals surface area contributed by atoms with Crippen LogP contribution in [0, 0.1) is 5.41 Å². The van der Waals surface area contributed by atoms with Crippen molar-refractivity contribution in [3.63, 3.8) is 0 Å². The van der Waals surface area contributed by atoms with Crippen molar-refractivity contribution in [3.8, 4) is 0 Å². The number of carbonyl (C=O) groups excluding carboxylic acids is 1. The van der Waals surface area contributed by atoms with Gasteiger partial charge in [0.25, 0.3) is 5.91 Å². The number of carbonyl (C=O) groups is 1. The predicted octanol–water partition coefficient (Wildman–Crippen LogP) is 0.634. The first-order valence-corrected chi connectivity index (χ1v) is 5.61. The maximum atomic E-state index is 12.1. The highest BCUT2D eigenvalue weighted by atomic mass is 16.2. The molecule has 0 unspecified atom stereocenters. The number of aromatic nitrogens is 2. The number of hydrogen-bond donors (Lipinski definition) is 2. The van der Waals surface area contributed by atoms with Gasteiger partial charge in [0.1, 0.15) is 0 Å². The second-order valence-electron chi connectivity index (χ2n) is 5.09. The fraction of sp³-hybridized carbons (Fsp3) is 0.545. The van der Waals surface area contributed by atoms with Gasteiger partial charge < -0.3 is 10.3 Å². The molecule has 1 amide bonds. The third-order valence-electron chi connectivity index (χ3n) is 3.00. The van der Waals surface area contributed by atoms with Gasteiger partial charge in [0.15, 0.2) is 11.5 Å². The van der Waals surface area contributed by atoms with Gasteiger partial charge in [-0.3, -0.25) is 4.79 Å². The highest BCUT2D eigenvalue weighted by Crippen LogP contribution is 2.29. The number of nitrogens with zero attached hydrogens (tertiary/aromatic N) is 3. The summed E-state index contributed by atoms with van der Waals surface area (Å²) in [7, 11) is 0. The van der Waals surface area contributed by atoms with Crippen LogP contribution in [0.1, 0.15) is 30.8 Å². The van der Waals surface area contributed by atoms with Gasteiger partial charge in [0, 0.05) is 13.1 Å². The molecule has 2 rings (SSSR count). The Morgan fingerprint density at radius 2 is 2.24 bits per heavy atom. The second-order valence-corrected chi connectivity index (χ2v) is 5.09. The Hall–Kier alpha value is -1.69. The maximum absolute atomic E-state index is 12.1. The Labute approximate surface area is 100 Å².